The minimum absolute atomic E-state index is 0.00127. The van der Waals surface area contributed by atoms with E-state index in [-0.39, 0.29) is 12.2 Å². The summed E-state index contributed by atoms with van der Waals surface area (Å²) in [6.45, 7) is 0. The summed E-state index contributed by atoms with van der Waals surface area (Å²) in [5.74, 6) is -0.718. The van der Waals surface area contributed by atoms with E-state index in [0.29, 0.717) is 12.8 Å². The van der Waals surface area contributed by atoms with Crippen molar-refractivity contribution in [3.05, 3.63) is 42.2 Å². The zero-order chi connectivity index (χ0) is 14.5. The predicted molar refractivity (Wildman–Crippen MR) is 68.8 cm³/mol. The van der Waals surface area contributed by atoms with Crippen LogP contribution in [0.3, 0.4) is 0 Å². The zero-order valence-corrected chi connectivity index (χ0v) is 10.3. The molecule has 0 saturated heterocycles. The van der Waals surface area contributed by atoms with Gasteiger partial charge in [0, 0.05) is 10.9 Å². The molecule has 0 fully saturated rings. The maximum Gasteiger partial charge on any atom is 0.349 e. The summed E-state index contributed by atoms with van der Waals surface area (Å²) >= 11 is 0. The normalized spacial score (nSPS) is 9.53. The number of halogens is 1. The fourth-order valence-corrected chi connectivity index (χ4v) is 1.08. The van der Waals surface area contributed by atoms with Crippen LogP contribution in [-0.4, -0.2) is 22.4 Å². The van der Waals surface area contributed by atoms with Gasteiger partial charge in [-0.3, -0.25) is 4.94 Å². The molecule has 0 radical (unpaired) electrons. The summed E-state index contributed by atoms with van der Waals surface area (Å²) in [5.41, 5.74) is 0.850. The van der Waals surface area contributed by atoms with Crippen molar-refractivity contribution in [1.82, 2.24) is 0 Å². The Morgan fingerprint density at radius 3 is 2.42 bits per heavy atom. The van der Waals surface area contributed by atoms with Crippen LogP contribution in [-0.2, 0) is 16.2 Å². The van der Waals surface area contributed by atoms with Crippen molar-refractivity contribution in [2.75, 3.05) is 0 Å². The number of phenols is 1. The van der Waals surface area contributed by atoms with Gasteiger partial charge < -0.3 is 15.6 Å². The lowest BCUT2D eigenvalue weighted by Gasteiger charge is -1.98. The van der Waals surface area contributed by atoms with E-state index in [1.54, 1.807) is 12.1 Å². The first-order chi connectivity index (χ1) is 9.13. The minimum Gasteiger partial charge on any atom is -0.516 e. The summed E-state index contributed by atoms with van der Waals surface area (Å²) in [6, 6.07) is 6.36. The highest BCUT2D eigenvalue weighted by molar-refractivity contribution is 5.68. The number of nitrogens with one attached hydrogen (secondary N) is 1. The van der Waals surface area contributed by atoms with Crippen molar-refractivity contribution in [2.45, 2.75) is 19.3 Å². The second-order valence-corrected chi connectivity index (χ2v) is 3.44. The molecule has 0 atom stereocenters. The summed E-state index contributed by atoms with van der Waals surface area (Å²) in [4.78, 5) is 13.4. The lowest BCUT2D eigenvalue weighted by molar-refractivity contribution is -0.183. The number of carbonyl (C=O) groups is 1. The van der Waals surface area contributed by atoms with E-state index >= 15 is 0 Å². The zero-order valence-electron chi connectivity index (χ0n) is 10.3. The quantitative estimate of drug-likeness (QED) is 0.566. The maximum atomic E-state index is 11.3. The Hall–Kier alpha value is -2.37. The Kier molecular flexibility index (Phi) is 9.42. The van der Waals surface area contributed by atoms with E-state index < -0.39 is 5.97 Å². The number of aliphatic hydroxyl groups is 1. The third-order valence-corrected chi connectivity index (χ3v) is 2.00. The number of aromatic hydroxyl groups is 1. The lowest BCUT2D eigenvalue weighted by atomic mass is 10.1. The Balaban J connectivity index is 0.000000459. The van der Waals surface area contributed by atoms with Crippen LogP contribution in [0.5, 0.6) is 5.75 Å². The molecule has 104 valence electrons. The van der Waals surface area contributed by atoms with Gasteiger partial charge >= 0.3 is 5.97 Å². The monoisotopic (exact) mass is 269 g/mol. The van der Waals surface area contributed by atoms with Crippen LogP contribution in [0.1, 0.15) is 18.4 Å². The fourth-order valence-electron chi connectivity index (χ4n) is 1.08. The van der Waals surface area contributed by atoms with Gasteiger partial charge in [0.1, 0.15) is 5.75 Å². The molecule has 6 heteroatoms. The lowest BCUT2D eigenvalue weighted by Crippen LogP contribution is -1.99. The van der Waals surface area contributed by atoms with Crippen LogP contribution in [0.4, 0.5) is 4.53 Å². The smallest absolute Gasteiger partial charge is 0.349 e. The number of phenolic OH excluding ortho intramolecular Hbond substituents is 1. The molecule has 0 unspecified atom stereocenters. The average molecular weight is 269 g/mol. The molecule has 1 aromatic carbocycles. The number of allylic oxidation sites excluding steroid dienone is 1. The molecule has 0 aliphatic carbocycles. The molecule has 0 spiro atoms. The summed E-state index contributed by atoms with van der Waals surface area (Å²) in [6.07, 6.45) is 4.57. The first-order valence-electron chi connectivity index (χ1n) is 5.51. The fraction of sp³-hybridized carbons (Fsp3) is 0.231. The predicted octanol–water partition coefficient (Wildman–Crippen LogP) is 2.85. The molecular formula is C13H16FNO4. The largest absolute Gasteiger partial charge is 0.516 e. The molecule has 3 N–H and O–H groups in total. The van der Waals surface area contributed by atoms with Gasteiger partial charge in [0.15, 0.2) is 0 Å². The topological polar surface area (TPSA) is 90.6 Å². The molecule has 0 aromatic heterocycles. The highest BCUT2D eigenvalue weighted by Gasteiger charge is 2.03. The molecule has 0 amide bonds. The molecule has 0 bridgehead atoms. The second kappa shape index (κ2) is 10.8. The molecule has 0 heterocycles. The van der Waals surface area contributed by atoms with Gasteiger partial charge in [0.2, 0.25) is 0 Å². The Morgan fingerprint density at radius 1 is 1.37 bits per heavy atom. The van der Waals surface area contributed by atoms with Crippen molar-refractivity contribution in [1.29, 1.82) is 5.41 Å². The van der Waals surface area contributed by atoms with E-state index in [9.17, 15) is 9.32 Å². The van der Waals surface area contributed by atoms with E-state index in [2.05, 4.69) is 4.94 Å². The number of hydrogen-bond acceptors (Lipinski definition) is 5. The van der Waals surface area contributed by atoms with Crippen molar-refractivity contribution >= 4 is 12.2 Å². The van der Waals surface area contributed by atoms with Crippen LogP contribution < -0.4 is 0 Å². The maximum absolute atomic E-state index is 11.3. The van der Waals surface area contributed by atoms with Crippen molar-refractivity contribution in [2.24, 2.45) is 0 Å². The van der Waals surface area contributed by atoms with Gasteiger partial charge in [-0.05, 0) is 36.4 Å². The molecule has 19 heavy (non-hydrogen) atoms. The van der Waals surface area contributed by atoms with Gasteiger partial charge in [-0.15, -0.1) is 0 Å². The number of aryl methyl sites for hydroxylation is 1. The van der Waals surface area contributed by atoms with Crippen LogP contribution >= 0.6 is 0 Å². The van der Waals surface area contributed by atoms with Gasteiger partial charge in [-0.1, -0.05) is 12.1 Å². The number of rotatable bonds is 5. The molecule has 5 nitrogen and oxygen atoms in total. The third kappa shape index (κ3) is 9.34. The summed E-state index contributed by atoms with van der Waals surface area (Å²) in [5, 5.41) is 23.3. The van der Waals surface area contributed by atoms with Crippen molar-refractivity contribution < 1.29 is 24.5 Å². The van der Waals surface area contributed by atoms with Crippen molar-refractivity contribution in [3.8, 4) is 5.75 Å². The second-order valence-electron chi connectivity index (χ2n) is 3.44. The number of hydrogen-bond donors (Lipinski definition) is 3. The molecule has 1 rings (SSSR count). The number of carbonyl (C=O) groups excluding carboxylic acids is 1. The van der Waals surface area contributed by atoms with Crippen LogP contribution in [0.2, 0.25) is 0 Å². The SMILES string of the molecule is N=CC/C=C\O.O=C(CCc1ccc(O)cc1)OF. The van der Waals surface area contributed by atoms with E-state index in [0.717, 1.165) is 11.8 Å². The summed E-state index contributed by atoms with van der Waals surface area (Å²) < 4.78 is 11.3. The van der Waals surface area contributed by atoms with Crippen LogP contribution in [0.25, 0.3) is 0 Å². The number of aliphatic hydroxyl groups excluding tert-OH is 1. The number of benzene rings is 1. The van der Waals surface area contributed by atoms with E-state index in [4.69, 9.17) is 15.6 Å². The van der Waals surface area contributed by atoms with E-state index in [1.165, 1.54) is 24.4 Å². The molecule has 0 aliphatic heterocycles. The van der Waals surface area contributed by atoms with E-state index in [1.807, 2.05) is 0 Å². The van der Waals surface area contributed by atoms with Crippen LogP contribution in [0.15, 0.2) is 36.6 Å². The Bertz CT molecular complexity index is 404. The van der Waals surface area contributed by atoms with Gasteiger partial charge in [0.25, 0.3) is 0 Å². The molecule has 0 saturated carbocycles. The molecule has 1 aromatic rings. The van der Waals surface area contributed by atoms with Crippen LogP contribution in [0, 0.1) is 5.41 Å². The highest BCUT2D eigenvalue weighted by Crippen LogP contribution is 2.11. The van der Waals surface area contributed by atoms with Crippen molar-refractivity contribution in [3.63, 3.8) is 0 Å². The molecule has 0 aliphatic rings. The van der Waals surface area contributed by atoms with Gasteiger partial charge in [-0.2, -0.15) is 0 Å². The van der Waals surface area contributed by atoms with Gasteiger partial charge in [-0.25, -0.2) is 4.79 Å². The first kappa shape index (κ1) is 16.6. The Labute approximate surface area is 110 Å². The Morgan fingerprint density at radius 2 is 2.00 bits per heavy atom. The third-order valence-electron chi connectivity index (χ3n) is 2.00. The van der Waals surface area contributed by atoms with Gasteiger partial charge in [0.05, 0.1) is 12.7 Å². The minimum atomic E-state index is -0.881. The first-order valence-corrected chi connectivity index (χ1v) is 5.51. The molecular weight excluding hydrogens is 253 g/mol. The summed E-state index contributed by atoms with van der Waals surface area (Å²) in [7, 11) is 0. The average Bonchev–Trinajstić information content (AvgIpc) is 2.44. The standard InChI is InChI=1S/C9H9FO3.C4H7NO/c10-13-9(12)6-3-7-1-4-8(11)5-2-7;5-3-1-2-4-6/h1-2,4-5,11H,3,6H2;2-6H,1H2/b;4-2-,5-3?. The highest BCUT2D eigenvalue weighted by atomic mass is 19.3.